The molecule has 1 unspecified atom stereocenters. The molecule has 0 amide bonds. The molecule has 0 bridgehead atoms. The van der Waals surface area contributed by atoms with Crippen LogP contribution in [0.1, 0.15) is 41.5 Å². The molecule has 2 aromatic carbocycles. The fraction of sp³-hybridized carbons (Fsp3) is 0.273. The topological polar surface area (TPSA) is 0 Å². The van der Waals surface area contributed by atoms with Gasteiger partial charge in [0.2, 0.25) is 0 Å². The largest absolute Gasteiger partial charge is 0.205 e. The third kappa shape index (κ3) is 3.79. The highest BCUT2D eigenvalue weighted by atomic mass is 19.2. The zero-order valence-electron chi connectivity index (χ0n) is 13.9. The summed E-state index contributed by atoms with van der Waals surface area (Å²) in [6, 6.07) is 7.34. The molecule has 0 nitrogen and oxygen atoms in total. The first-order valence-electron chi connectivity index (χ1n) is 8.47. The molecular weight excluding hydrogens is 321 g/mol. The van der Waals surface area contributed by atoms with Gasteiger partial charge in [-0.1, -0.05) is 30.0 Å². The van der Waals surface area contributed by atoms with Crippen LogP contribution in [0, 0.1) is 35.2 Å². The molecule has 3 heteroatoms. The van der Waals surface area contributed by atoms with Gasteiger partial charge < -0.3 is 0 Å². The minimum absolute atomic E-state index is 0.0680. The first-order valence-corrected chi connectivity index (χ1v) is 8.47. The fourth-order valence-electron chi connectivity index (χ4n) is 3.32. The van der Waals surface area contributed by atoms with Crippen molar-refractivity contribution in [2.24, 2.45) is 5.92 Å². The van der Waals surface area contributed by atoms with E-state index in [0.29, 0.717) is 17.9 Å². The van der Waals surface area contributed by atoms with Crippen molar-refractivity contribution in [3.8, 4) is 11.8 Å². The van der Waals surface area contributed by atoms with Gasteiger partial charge in [-0.05, 0) is 67.3 Å². The summed E-state index contributed by atoms with van der Waals surface area (Å²) in [4.78, 5) is 0. The van der Waals surface area contributed by atoms with Crippen molar-refractivity contribution in [3.63, 3.8) is 0 Å². The molecule has 0 saturated heterocycles. The number of hydrogen-bond acceptors (Lipinski definition) is 0. The smallest absolute Gasteiger partial charge is 0.174 e. The van der Waals surface area contributed by atoms with Crippen molar-refractivity contribution in [3.05, 3.63) is 82.7 Å². The minimum Gasteiger partial charge on any atom is -0.205 e. The van der Waals surface area contributed by atoms with E-state index in [0.717, 1.165) is 37.3 Å². The van der Waals surface area contributed by atoms with Crippen LogP contribution in [0.15, 0.2) is 43.0 Å². The zero-order valence-corrected chi connectivity index (χ0v) is 13.9. The van der Waals surface area contributed by atoms with E-state index in [2.05, 4.69) is 18.4 Å². The second kappa shape index (κ2) is 7.61. The van der Waals surface area contributed by atoms with E-state index < -0.39 is 11.6 Å². The number of rotatable bonds is 3. The molecule has 3 rings (SSSR count). The fourth-order valence-corrected chi connectivity index (χ4v) is 3.32. The molecule has 2 aromatic rings. The lowest BCUT2D eigenvalue weighted by molar-refractivity contribution is 0.421. The molecule has 0 spiro atoms. The van der Waals surface area contributed by atoms with Crippen LogP contribution in [0.4, 0.5) is 13.2 Å². The Labute approximate surface area is 146 Å². The van der Waals surface area contributed by atoms with Crippen LogP contribution < -0.4 is 0 Å². The van der Waals surface area contributed by atoms with Crippen molar-refractivity contribution < 1.29 is 13.2 Å². The van der Waals surface area contributed by atoms with E-state index in [-0.39, 0.29) is 16.9 Å². The van der Waals surface area contributed by atoms with Crippen LogP contribution in [0.3, 0.4) is 0 Å². The second-order valence-corrected chi connectivity index (χ2v) is 6.39. The van der Waals surface area contributed by atoms with Gasteiger partial charge in [-0.3, -0.25) is 0 Å². The molecule has 0 radical (unpaired) electrons. The van der Waals surface area contributed by atoms with Gasteiger partial charge in [0, 0.05) is 0 Å². The number of allylic oxidation sites excluding steroid dienone is 1. The zero-order chi connectivity index (χ0) is 17.8. The summed E-state index contributed by atoms with van der Waals surface area (Å²) >= 11 is 0. The highest BCUT2D eigenvalue weighted by Crippen LogP contribution is 2.31. The van der Waals surface area contributed by atoms with E-state index in [1.165, 1.54) is 12.1 Å². The van der Waals surface area contributed by atoms with Crippen LogP contribution in [0.5, 0.6) is 0 Å². The summed E-state index contributed by atoms with van der Waals surface area (Å²) < 4.78 is 41.6. The maximum atomic E-state index is 14.7. The van der Waals surface area contributed by atoms with Gasteiger partial charge in [0.1, 0.15) is 5.82 Å². The van der Waals surface area contributed by atoms with Crippen molar-refractivity contribution in [1.29, 1.82) is 0 Å². The predicted octanol–water partition coefficient (Wildman–Crippen LogP) is 5.57. The standard InChI is InChI=1S/C22H19F3/c1-2-3-5-15-8-13-19-18(14-15)12-11-17(21(19)24)10-9-16-6-4-7-20(23)22(16)25/h2,4,6-7,11-12,15H,1,3,5,8,13-14H2. The van der Waals surface area contributed by atoms with Gasteiger partial charge in [-0.2, -0.15) is 0 Å². The molecule has 25 heavy (non-hydrogen) atoms. The summed E-state index contributed by atoms with van der Waals surface area (Å²) in [7, 11) is 0. The van der Waals surface area contributed by atoms with Gasteiger partial charge in [0.05, 0.1) is 11.1 Å². The third-order valence-electron chi connectivity index (χ3n) is 4.71. The van der Waals surface area contributed by atoms with Gasteiger partial charge in [0.15, 0.2) is 11.6 Å². The molecule has 128 valence electrons. The van der Waals surface area contributed by atoms with Crippen LogP contribution in [-0.4, -0.2) is 0 Å². The number of halogens is 3. The Kier molecular flexibility index (Phi) is 5.28. The predicted molar refractivity (Wildman–Crippen MR) is 93.7 cm³/mol. The Hall–Kier alpha value is -2.47. The van der Waals surface area contributed by atoms with Crippen LogP contribution in [0.25, 0.3) is 0 Å². The van der Waals surface area contributed by atoms with Crippen molar-refractivity contribution in [2.45, 2.75) is 32.1 Å². The lowest BCUT2D eigenvalue weighted by Crippen LogP contribution is -2.16. The lowest BCUT2D eigenvalue weighted by Gasteiger charge is -2.25. The maximum absolute atomic E-state index is 14.7. The Morgan fingerprint density at radius 1 is 1.04 bits per heavy atom. The molecule has 1 atom stereocenters. The quantitative estimate of drug-likeness (QED) is 0.506. The minimum atomic E-state index is -1.00. The Morgan fingerprint density at radius 2 is 1.80 bits per heavy atom. The van der Waals surface area contributed by atoms with Crippen LogP contribution in [0.2, 0.25) is 0 Å². The van der Waals surface area contributed by atoms with E-state index >= 15 is 0 Å². The van der Waals surface area contributed by atoms with Crippen molar-refractivity contribution >= 4 is 0 Å². The average molecular weight is 340 g/mol. The van der Waals surface area contributed by atoms with Gasteiger partial charge >= 0.3 is 0 Å². The van der Waals surface area contributed by atoms with E-state index in [1.54, 1.807) is 6.07 Å². The van der Waals surface area contributed by atoms with E-state index in [4.69, 9.17) is 0 Å². The Bertz CT molecular complexity index is 856. The van der Waals surface area contributed by atoms with Gasteiger partial charge in [-0.15, -0.1) is 6.58 Å². The van der Waals surface area contributed by atoms with Gasteiger partial charge in [0.25, 0.3) is 0 Å². The summed E-state index contributed by atoms with van der Waals surface area (Å²) in [6.07, 6.45) is 6.48. The summed E-state index contributed by atoms with van der Waals surface area (Å²) in [5.74, 6) is 3.46. The van der Waals surface area contributed by atoms with E-state index in [1.807, 2.05) is 12.1 Å². The van der Waals surface area contributed by atoms with Crippen molar-refractivity contribution in [2.75, 3.05) is 0 Å². The normalized spacial score (nSPS) is 15.9. The van der Waals surface area contributed by atoms with Crippen LogP contribution in [-0.2, 0) is 12.8 Å². The first kappa shape index (κ1) is 17.4. The summed E-state index contributed by atoms with van der Waals surface area (Å²) in [6.45, 7) is 3.75. The average Bonchev–Trinajstić information content (AvgIpc) is 2.62. The highest BCUT2D eigenvalue weighted by molar-refractivity contribution is 5.48. The molecular formula is C22H19F3. The maximum Gasteiger partial charge on any atom is 0.174 e. The molecule has 0 fully saturated rings. The van der Waals surface area contributed by atoms with E-state index in [9.17, 15) is 13.2 Å². The van der Waals surface area contributed by atoms with Gasteiger partial charge in [-0.25, -0.2) is 13.2 Å². The molecule has 0 saturated carbocycles. The Morgan fingerprint density at radius 3 is 2.56 bits per heavy atom. The Balaban J connectivity index is 1.85. The number of benzene rings is 2. The molecule has 0 aliphatic heterocycles. The molecule has 1 aliphatic rings. The third-order valence-corrected chi connectivity index (χ3v) is 4.71. The molecule has 0 heterocycles. The SMILES string of the molecule is C=CCCC1CCc2c(ccc(C#Cc3cccc(F)c3F)c2F)C1. The summed E-state index contributed by atoms with van der Waals surface area (Å²) in [5, 5.41) is 0. The second-order valence-electron chi connectivity index (χ2n) is 6.39. The van der Waals surface area contributed by atoms with Crippen LogP contribution >= 0.6 is 0 Å². The first-order chi connectivity index (χ1) is 12.1. The molecule has 0 aromatic heterocycles. The monoisotopic (exact) mass is 340 g/mol. The lowest BCUT2D eigenvalue weighted by atomic mass is 9.81. The molecule has 1 aliphatic carbocycles. The summed E-state index contributed by atoms with van der Waals surface area (Å²) in [5.41, 5.74) is 1.90. The highest BCUT2D eigenvalue weighted by Gasteiger charge is 2.22. The molecule has 0 N–H and O–H groups in total. The number of hydrogen-bond donors (Lipinski definition) is 0. The van der Waals surface area contributed by atoms with Crippen molar-refractivity contribution in [1.82, 2.24) is 0 Å². The number of fused-ring (bicyclic) bond motifs is 1.